The van der Waals surface area contributed by atoms with Crippen LogP contribution in [0, 0.1) is 0 Å². The zero-order valence-corrected chi connectivity index (χ0v) is 12.6. The minimum Gasteiger partial charge on any atom is -0.508 e. The van der Waals surface area contributed by atoms with Crippen LogP contribution in [0.1, 0.15) is 42.5 Å². The average molecular weight is 313 g/mol. The molecule has 1 fully saturated rings. The Morgan fingerprint density at radius 1 is 1.35 bits per heavy atom. The van der Waals surface area contributed by atoms with Crippen LogP contribution >= 0.6 is 23.8 Å². The van der Waals surface area contributed by atoms with E-state index in [1.807, 2.05) is 0 Å². The Morgan fingerprint density at radius 3 is 2.60 bits per heavy atom. The number of nitrogens with two attached hydrogens (primary N) is 1. The number of carbonyl (C=O) groups is 1. The zero-order chi connectivity index (χ0) is 14.8. The number of hydrogen-bond acceptors (Lipinski definition) is 3. The summed E-state index contributed by atoms with van der Waals surface area (Å²) in [7, 11) is 0. The van der Waals surface area contributed by atoms with Crippen molar-refractivity contribution >= 4 is 34.7 Å². The second-order valence-corrected chi connectivity index (χ2v) is 5.97. The van der Waals surface area contributed by atoms with Crippen molar-refractivity contribution in [2.24, 2.45) is 5.73 Å². The molecule has 1 amide bonds. The van der Waals surface area contributed by atoms with E-state index in [2.05, 4.69) is 5.32 Å². The van der Waals surface area contributed by atoms with Gasteiger partial charge >= 0.3 is 0 Å². The van der Waals surface area contributed by atoms with Gasteiger partial charge in [-0.3, -0.25) is 4.79 Å². The lowest BCUT2D eigenvalue weighted by Crippen LogP contribution is -2.57. The molecule has 1 saturated carbocycles. The number of amides is 1. The smallest absolute Gasteiger partial charge is 0.253 e. The molecular formula is C14H17ClN2O2S. The lowest BCUT2D eigenvalue weighted by Gasteiger charge is -2.37. The molecule has 20 heavy (non-hydrogen) atoms. The number of benzene rings is 1. The highest BCUT2D eigenvalue weighted by atomic mass is 35.5. The van der Waals surface area contributed by atoms with Crippen LogP contribution < -0.4 is 11.1 Å². The molecular weight excluding hydrogens is 296 g/mol. The van der Waals surface area contributed by atoms with E-state index in [9.17, 15) is 9.90 Å². The summed E-state index contributed by atoms with van der Waals surface area (Å²) in [6.07, 6.45) is 4.55. The van der Waals surface area contributed by atoms with Gasteiger partial charge in [0.25, 0.3) is 5.91 Å². The second-order valence-electron chi connectivity index (χ2n) is 5.13. The Labute approximate surface area is 128 Å². The first kappa shape index (κ1) is 15.1. The maximum absolute atomic E-state index is 12.4. The van der Waals surface area contributed by atoms with Crippen molar-refractivity contribution < 1.29 is 9.90 Å². The molecule has 0 radical (unpaired) electrons. The topological polar surface area (TPSA) is 75.3 Å². The molecule has 6 heteroatoms. The van der Waals surface area contributed by atoms with Crippen molar-refractivity contribution in [3.8, 4) is 5.75 Å². The number of carbonyl (C=O) groups excluding carboxylic acids is 1. The summed E-state index contributed by atoms with van der Waals surface area (Å²) in [6, 6.07) is 4.26. The van der Waals surface area contributed by atoms with Gasteiger partial charge in [-0.25, -0.2) is 0 Å². The summed E-state index contributed by atoms with van der Waals surface area (Å²) in [4.78, 5) is 12.7. The van der Waals surface area contributed by atoms with E-state index in [1.54, 1.807) is 0 Å². The Hall–Kier alpha value is -1.33. The van der Waals surface area contributed by atoms with Crippen molar-refractivity contribution in [3.63, 3.8) is 0 Å². The molecule has 1 aromatic carbocycles. The first-order chi connectivity index (χ1) is 9.44. The molecule has 0 spiro atoms. The molecule has 0 saturated heterocycles. The van der Waals surface area contributed by atoms with Crippen LogP contribution in [0.25, 0.3) is 0 Å². The summed E-state index contributed by atoms with van der Waals surface area (Å²) >= 11 is 11.1. The maximum atomic E-state index is 12.4. The normalized spacial score (nSPS) is 17.4. The van der Waals surface area contributed by atoms with E-state index in [-0.39, 0.29) is 22.2 Å². The van der Waals surface area contributed by atoms with Crippen LogP contribution in [0.2, 0.25) is 5.02 Å². The predicted octanol–water partition coefficient (Wildman–Crippen LogP) is 2.76. The molecule has 0 unspecified atom stereocenters. The van der Waals surface area contributed by atoms with Gasteiger partial charge in [0.1, 0.15) is 5.75 Å². The van der Waals surface area contributed by atoms with Gasteiger partial charge < -0.3 is 16.2 Å². The summed E-state index contributed by atoms with van der Waals surface area (Å²) in [6.45, 7) is 0. The SMILES string of the molecule is NC(=S)C1(NC(=O)c2cc(O)ccc2Cl)CCCCC1. The summed E-state index contributed by atoms with van der Waals surface area (Å²) in [5.41, 5.74) is 5.42. The Bertz CT molecular complexity index is 542. The molecule has 4 N–H and O–H groups in total. The van der Waals surface area contributed by atoms with E-state index < -0.39 is 5.54 Å². The molecule has 1 aromatic rings. The van der Waals surface area contributed by atoms with Crippen LogP contribution in [0.3, 0.4) is 0 Å². The number of aromatic hydroxyl groups is 1. The van der Waals surface area contributed by atoms with Crippen molar-refractivity contribution in [3.05, 3.63) is 28.8 Å². The number of rotatable bonds is 3. The summed E-state index contributed by atoms with van der Waals surface area (Å²) in [5, 5.41) is 12.7. The fourth-order valence-electron chi connectivity index (χ4n) is 2.56. The monoisotopic (exact) mass is 312 g/mol. The average Bonchev–Trinajstić information content (AvgIpc) is 2.42. The van der Waals surface area contributed by atoms with Crippen molar-refractivity contribution in [2.45, 2.75) is 37.6 Å². The molecule has 0 aromatic heterocycles. The van der Waals surface area contributed by atoms with E-state index >= 15 is 0 Å². The van der Waals surface area contributed by atoms with Gasteiger partial charge in [0, 0.05) is 0 Å². The molecule has 0 atom stereocenters. The zero-order valence-electron chi connectivity index (χ0n) is 11.0. The van der Waals surface area contributed by atoms with Crippen LogP contribution in [-0.4, -0.2) is 21.5 Å². The molecule has 2 rings (SSSR count). The molecule has 0 aliphatic heterocycles. The quantitative estimate of drug-likeness (QED) is 0.750. The van der Waals surface area contributed by atoms with Crippen molar-refractivity contribution in [2.75, 3.05) is 0 Å². The largest absolute Gasteiger partial charge is 0.508 e. The van der Waals surface area contributed by atoms with Gasteiger partial charge in [0.2, 0.25) is 0 Å². The highest BCUT2D eigenvalue weighted by Gasteiger charge is 2.37. The van der Waals surface area contributed by atoms with E-state index in [4.69, 9.17) is 29.6 Å². The molecule has 4 nitrogen and oxygen atoms in total. The molecule has 1 aliphatic rings. The summed E-state index contributed by atoms with van der Waals surface area (Å²) in [5.74, 6) is -0.367. The highest BCUT2D eigenvalue weighted by Crippen LogP contribution is 2.30. The third kappa shape index (κ3) is 3.04. The maximum Gasteiger partial charge on any atom is 0.253 e. The summed E-state index contributed by atoms with van der Waals surface area (Å²) < 4.78 is 0. The second kappa shape index (κ2) is 5.97. The van der Waals surface area contributed by atoms with Gasteiger partial charge in [-0.15, -0.1) is 0 Å². The number of hydrogen-bond donors (Lipinski definition) is 3. The predicted molar refractivity (Wildman–Crippen MR) is 83.2 cm³/mol. The van der Waals surface area contributed by atoms with Gasteiger partial charge in [0.15, 0.2) is 0 Å². The number of nitrogens with one attached hydrogen (secondary N) is 1. The lowest BCUT2D eigenvalue weighted by molar-refractivity contribution is 0.0908. The number of phenolic OH excluding ortho intramolecular Hbond substituents is 1. The Morgan fingerprint density at radius 2 is 2.00 bits per heavy atom. The molecule has 1 aliphatic carbocycles. The minimum absolute atomic E-state index is 0.00688. The molecule has 0 bridgehead atoms. The van der Waals surface area contributed by atoms with E-state index in [0.717, 1.165) is 32.1 Å². The van der Waals surface area contributed by atoms with Crippen LogP contribution in [0.4, 0.5) is 0 Å². The van der Waals surface area contributed by atoms with Gasteiger partial charge in [-0.05, 0) is 31.0 Å². The minimum atomic E-state index is -0.639. The third-order valence-corrected chi connectivity index (χ3v) is 4.45. The van der Waals surface area contributed by atoms with Crippen molar-refractivity contribution in [1.82, 2.24) is 5.32 Å². The van der Waals surface area contributed by atoms with Crippen molar-refractivity contribution in [1.29, 1.82) is 0 Å². The highest BCUT2D eigenvalue weighted by molar-refractivity contribution is 7.80. The van der Waals surface area contributed by atoms with Crippen LogP contribution in [-0.2, 0) is 0 Å². The number of halogens is 1. The third-order valence-electron chi connectivity index (χ3n) is 3.73. The van der Waals surface area contributed by atoms with Crippen LogP contribution in [0.5, 0.6) is 5.75 Å². The fourth-order valence-corrected chi connectivity index (χ4v) is 3.02. The first-order valence-electron chi connectivity index (χ1n) is 6.55. The van der Waals surface area contributed by atoms with Gasteiger partial charge in [-0.1, -0.05) is 43.1 Å². The Kier molecular flexibility index (Phi) is 4.50. The lowest BCUT2D eigenvalue weighted by atomic mass is 9.81. The first-order valence-corrected chi connectivity index (χ1v) is 7.34. The molecule has 108 valence electrons. The van der Waals surface area contributed by atoms with E-state index in [1.165, 1.54) is 18.2 Å². The fraction of sp³-hybridized carbons (Fsp3) is 0.429. The Balaban J connectivity index is 2.24. The van der Waals surface area contributed by atoms with Gasteiger partial charge in [-0.2, -0.15) is 0 Å². The van der Waals surface area contributed by atoms with Crippen LogP contribution in [0.15, 0.2) is 18.2 Å². The molecule has 0 heterocycles. The number of phenols is 1. The standard InChI is InChI=1S/C14H17ClN2O2S/c15-11-5-4-9(18)8-10(11)12(19)17-14(13(16)20)6-2-1-3-7-14/h4-5,8,18H,1-3,6-7H2,(H2,16,20)(H,17,19). The number of thiocarbonyl (C=S) groups is 1. The van der Waals surface area contributed by atoms with E-state index in [0.29, 0.717) is 4.99 Å². The van der Waals surface area contributed by atoms with Gasteiger partial charge in [0.05, 0.1) is 21.1 Å².